The zero-order valence-corrected chi connectivity index (χ0v) is 10.7. The summed E-state index contributed by atoms with van der Waals surface area (Å²) in [7, 11) is 0. The van der Waals surface area contributed by atoms with Crippen molar-refractivity contribution in [1.82, 2.24) is 0 Å². The van der Waals surface area contributed by atoms with Crippen LogP contribution in [0.2, 0.25) is 0 Å². The number of Topliss-reactive ketones (excluding diaryl/α,β-unsaturated/α-hetero) is 1. The number of benzene rings is 1. The Bertz CT molecular complexity index is 436. The molecule has 0 spiro atoms. The first-order valence-electron chi connectivity index (χ1n) is 5.05. The van der Waals surface area contributed by atoms with Gasteiger partial charge in [-0.2, -0.15) is 13.2 Å². The number of halogens is 5. The number of rotatable bonds is 4. The Balaban J connectivity index is 2.74. The lowest BCUT2D eigenvalue weighted by molar-refractivity contribution is -0.135. The van der Waals surface area contributed by atoms with Crippen molar-refractivity contribution >= 4 is 27.4 Å². The molecule has 0 atom stereocenters. The Morgan fingerprint density at radius 2 is 1.94 bits per heavy atom. The Hall–Kier alpha value is -1.11. The first-order valence-corrected chi connectivity index (χ1v) is 5.84. The van der Waals surface area contributed by atoms with Gasteiger partial charge in [-0.05, 0) is 18.6 Å². The SMILES string of the molecule is Nc1cc(Br)cc(F)c1C(=O)CCCC(F)(F)F. The second-order valence-electron chi connectivity index (χ2n) is 3.74. The highest BCUT2D eigenvalue weighted by Gasteiger charge is 2.27. The molecule has 0 bridgehead atoms. The average molecular weight is 328 g/mol. The minimum atomic E-state index is -4.32. The summed E-state index contributed by atoms with van der Waals surface area (Å²) in [4.78, 5) is 11.6. The van der Waals surface area contributed by atoms with E-state index in [9.17, 15) is 22.4 Å². The Labute approximate surface area is 109 Å². The lowest BCUT2D eigenvalue weighted by atomic mass is 10.0. The molecule has 0 aromatic heterocycles. The number of alkyl halides is 3. The van der Waals surface area contributed by atoms with Crippen molar-refractivity contribution in [1.29, 1.82) is 0 Å². The highest BCUT2D eigenvalue weighted by Crippen LogP contribution is 2.26. The Morgan fingerprint density at radius 1 is 1.33 bits per heavy atom. The van der Waals surface area contributed by atoms with E-state index >= 15 is 0 Å². The van der Waals surface area contributed by atoms with Gasteiger partial charge in [-0.25, -0.2) is 4.39 Å². The molecule has 0 aliphatic rings. The number of hydrogen-bond donors (Lipinski definition) is 1. The van der Waals surface area contributed by atoms with E-state index in [1.807, 2.05) is 0 Å². The van der Waals surface area contributed by atoms with Gasteiger partial charge < -0.3 is 5.73 Å². The predicted octanol–water partition coefficient (Wildman–Crippen LogP) is 4.09. The quantitative estimate of drug-likeness (QED) is 0.514. The molecule has 0 fully saturated rings. The van der Waals surface area contributed by atoms with Crippen molar-refractivity contribution in [2.24, 2.45) is 0 Å². The summed E-state index contributed by atoms with van der Waals surface area (Å²) in [6, 6.07) is 2.38. The van der Waals surface area contributed by atoms with Crippen molar-refractivity contribution in [3.05, 3.63) is 28.0 Å². The molecule has 2 N–H and O–H groups in total. The summed E-state index contributed by atoms with van der Waals surface area (Å²) in [6.45, 7) is 0. The first kappa shape index (κ1) is 14.9. The highest BCUT2D eigenvalue weighted by atomic mass is 79.9. The first-order chi connectivity index (χ1) is 8.20. The van der Waals surface area contributed by atoms with E-state index < -0.39 is 24.2 Å². The van der Waals surface area contributed by atoms with Crippen molar-refractivity contribution in [2.45, 2.75) is 25.4 Å². The molecular formula is C11H10BrF4NO. The van der Waals surface area contributed by atoms with Crippen LogP contribution in [0.4, 0.5) is 23.2 Å². The maximum absolute atomic E-state index is 13.5. The predicted molar refractivity (Wildman–Crippen MR) is 62.7 cm³/mol. The summed E-state index contributed by atoms with van der Waals surface area (Å²) >= 11 is 2.99. The monoisotopic (exact) mass is 327 g/mol. The normalized spacial score (nSPS) is 11.6. The van der Waals surface area contributed by atoms with Crippen LogP contribution in [0.3, 0.4) is 0 Å². The fraction of sp³-hybridized carbons (Fsp3) is 0.364. The van der Waals surface area contributed by atoms with E-state index in [1.165, 1.54) is 6.07 Å². The third-order valence-corrected chi connectivity index (χ3v) is 2.69. The molecule has 7 heteroatoms. The van der Waals surface area contributed by atoms with Crippen LogP contribution in [-0.4, -0.2) is 12.0 Å². The molecular weight excluding hydrogens is 318 g/mol. The van der Waals surface area contributed by atoms with Gasteiger partial charge in [-0.1, -0.05) is 15.9 Å². The van der Waals surface area contributed by atoms with Crippen molar-refractivity contribution in [3.63, 3.8) is 0 Å². The maximum atomic E-state index is 13.5. The van der Waals surface area contributed by atoms with Crippen molar-refractivity contribution in [3.8, 4) is 0 Å². The number of ketones is 1. The Kier molecular flexibility index (Phi) is 4.72. The molecule has 0 aliphatic carbocycles. The number of nitrogens with two attached hydrogens (primary N) is 1. The van der Waals surface area contributed by atoms with E-state index in [1.54, 1.807) is 0 Å². The van der Waals surface area contributed by atoms with Gasteiger partial charge in [-0.3, -0.25) is 4.79 Å². The average Bonchev–Trinajstić information content (AvgIpc) is 2.13. The third kappa shape index (κ3) is 4.29. The van der Waals surface area contributed by atoms with E-state index in [2.05, 4.69) is 15.9 Å². The lowest BCUT2D eigenvalue weighted by Crippen LogP contribution is -2.11. The van der Waals surface area contributed by atoms with Crippen LogP contribution < -0.4 is 5.73 Å². The van der Waals surface area contributed by atoms with Crippen LogP contribution in [0.15, 0.2) is 16.6 Å². The second kappa shape index (κ2) is 5.69. The van der Waals surface area contributed by atoms with E-state index in [0.29, 0.717) is 4.47 Å². The van der Waals surface area contributed by atoms with E-state index in [0.717, 1.165) is 6.07 Å². The fourth-order valence-corrected chi connectivity index (χ4v) is 1.91. The molecule has 1 rings (SSSR count). The molecule has 0 amide bonds. The minimum absolute atomic E-state index is 0.0844. The highest BCUT2D eigenvalue weighted by molar-refractivity contribution is 9.10. The van der Waals surface area contributed by atoms with Gasteiger partial charge in [0.15, 0.2) is 5.78 Å². The van der Waals surface area contributed by atoms with Crippen molar-refractivity contribution < 1.29 is 22.4 Å². The number of hydrogen-bond acceptors (Lipinski definition) is 2. The lowest BCUT2D eigenvalue weighted by Gasteiger charge is -2.08. The molecule has 0 radical (unpaired) electrons. The van der Waals surface area contributed by atoms with Crippen molar-refractivity contribution in [2.75, 3.05) is 5.73 Å². The number of anilines is 1. The van der Waals surface area contributed by atoms with Gasteiger partial charge in [0, 0.05) is 23.0 Å². The summed E-state index contributed by atoms with van der Waals surface area (Å²) < 4.78 is 49.5. The van der Waals surface area contributed by atoms with Gasteiger partial charge in [0.1, 0.15) is 5.82 Å². The minimum Gasteiger partial charge on any atom is -0.398 e. The molecule has 18 heavy (non-hydrogen) atoms. The van der Waals surface area contributed by atoms with Crippen LogP contribution >= 0.6 is 15.9 Å². The largest absolute Gasteiger partial charge is 0.398 e. The third-order valence-electron chi connectivity index (χ3n) is 2.23. The molecule has 100 valence electrons. The topological polar surface area (TPSA) is 43.1 Å². The fourth-order valence-electron chi connectivity index (χ4n) is 1.46. The summed E-state index contributed by atoms with van der Waals surface area (Å²) in [5, 5.41) is 0. The van der Waals surface area contributed by atoms with Gasteiger partial charge in [-0.15, -0.1) is 0 Å². The van der Waals surface area contributed by atoms with Gasteiger partial charge in [0.25, 0.3) is 0 Å². The molecule has 0 saturated carbocycles. The van der Waals surface area contributed by atoms with Crippen LogP contribution in [0.5, 0.6) is 0 Å². The number of carbonyl (C=O) groups excluding carboxylic acids is 1. The standard InChI is InChI=1S/C11H10BrF4NO/c12-6-4-7(13)10(8(17)5-6)9(18)2-1-3-11(14,15)16/h4-5H,1-3,17H2. The molecule has 0 aliphatic heterocycles. The maximum Gasteiger partial charge on any atom is 0.389 e. The van der Waals surface area contributed by atoms with Crippen LogP contribution in [-0.2, 0) is 0 Å². The zero-order valence-electron chi connectivity index (χ0n) is 9.15. The van der Waals surface area contributed by atoms with Gasteiger partial charge >= 0.3 is 6.18 Å². The number of carbonyl (C=O) groups is 1. The second-order valence-corrected chi connectivity index (χ2v) is 4.66. The zero-order chi connectivity index (χ0) is 13.9. The molecule has 0 saturated heterocycles. The molecule has 2 nitrogen and oxygen atoms in total. The molecule has 1 aromatic carbocycles. The van der Waals surface area contributed by atoms with Crippen LogP contribution in [0.25, 0.3) is 0 Å². The summed E-state index contributed by atoms with van der Waals surface area (Å²) in [6.07, 6.45) is -6.15. The van der Waals surface area contributed by atoms with Gasteiger partial charge in [0.05, 0.1) is 5.56 Å². The van der Waals surface area contributed by atoms with Crippen LogP contribution in [0, 0.1) is 5.82 Å². The van der Waals surface area contributed by atoms with Crippen LogP contribution in [0.1, 0.15) is 29.6 Å². The smallest absolute Gasteiger partial charge is 0.389 e. The Morgan fingerprint density at radius 3 is 2.44 bits per heavy atom. The molecule has 0 unspecified atom stereocenters. The molecule has 1 aromatic rings. The van der Waals surface area contributed by atoms with Gasteiger partial charge in [0.2, 0.25) is 0 Å². The number of nitrogen functional groups attached to an aromatic ring is 1. The summed E-state index contributed by atoms with van der Waals surface area (Å²) in [5.41, 5.74) is 5.04. The van der Waals surface area contributed by atoms with E-state index in [4.69, 9.17) is 5.73 Å². The summed E-state index contributed by atoms with van der Waals surface area (Å²) in [5.74, 6) is -1.55. The molecule has 0 heterocycles. The van der Waals surface area contributed by atoms with E-state index in [-0.39, 0.29) is 24.1 Å².